The monoisotopic (exact) mass is 381 g/mol. The summed E-state index contributed by atoms with van der Waals surface area (Å²) in [6, 6.07) is 6.09. The van der Waals surface area contributed by atoms with Gasteiger partial charge in [-0.25, -0.2) is 13.2 Å². The Morgan fingerprint density at radius 3 is 2.44 bits per heavy atom. The van der Waals surface area contributed by atoms with E-state index < -0.39 is 16.0 Å². The summed E-state index contributed by atoms with van der Waals surface area (Å²) >= 11 is 1.32. The van der Waals surface area contributed by atoms with Crippen LogP contribution in [0.2, 0.25) is 0 Å². The summed E-state index contributed by atoms with van der Waals surface area (Å²) < 4.78 is 37.8. The van der Waals surface area contributed by atoms with Crippen LogP contribution >= 0.6 is 11.3 Å². The summed E-state index contributed by atoms with van der Waals surface area (Å²) in [5.74, 6) is 0.0626. The zero-order valence-electron chi connectivity index (χ0n) is 14.0. The minimum atomic E-state index is -3.80. The first-order valence-corrected chi connectivity index (χ1v) is 10.2. The van der Waals surface area contributed by atoms with E-state index in [0.29, 0.717) is 16.3 Å². The highest BCUT2D eigenvalue weighted by Gasteiger charge is 2.28. The van der Waals surface area contributed by atoms with Crippen molar-refractivity contribution in [3.05, 3.63) is 40.3 Å². The molecule has 0 saturated heterocycles. The zero-order chi connectivity index (χ0) is 18.0. The average molecular weight is 381 g/mol. The molecule has 0 radical (unpaired) electrons. The smallest absolute Gasteiger partial charge is 0.341 e. The van der Waals surface area contributed by atoms with Crippen LogP contribution in [0, 0.1) is 0 Å². The molecule has 1 aromatic carbocycles. The van der Waals surface area contributed by atoms with E-state index >= 15 is 0 Å². The molecule has 2 aromatic rings. The van der Waals surface area contributed by atoms with Crippen molar-refractivity contribution in [1.82, 2.24) is 0 Å². The van der Waals surface area contributed by atoms with Gasteiger partial charge in [-0.15, -0.1) is 11.3 Å². The summed E-state index contributed by atoms with van der Waals surface area (Å²) in [4.78, 5) is 13.4. The van der Waals surface area contributed by atoms with Crippen LogP contribution in [-0.4, -0.2) is 28.6 Å². The van der Waals surface area contributed by atoms with Gasteiger partial charge in [-0.2, -0.15) is 0 Å². The number of ether oxygens (including phenoxy) is 2. The van der Waals surface area contributed by atoms with Crippen molar-refractivity contribution in [1.29, 1.82) is 0 Å². The van der Waals surface area contributed by atoms with E-state index in [4.69, 9.17) is 9.47 Å². The number of aryl methyl sites for hydroxylation is 1. The van der Waals surface area contributed by atoms with E-state index in [1.54, 1.807) is 12.1 Å². The van der Waals surface area contributed by atoms with Crippen LogP contribution in [0.25, 0.3) is 0 Å². The molecule has 1 aliphatic carbocycles. The van der Waals surface area contributed by atoms with Gasteiger partial charge >= 0.3 is 5.97 Å². The highest BCUT2D eigenvalue weighted by atomic mass is 32.2. The van der Waals surface area contributed by atoms with Crippen molar-refractivity contribution in [3.63, 3.8) is 0 Å². The van der Waals surface area contributed by atoms with Crippen molar-refractivity contribution >= 4 is 32.3 Å². The van der Waals surface area contributed by atoms with Crippen LogP contribution in [0.5, 0.6) is 5.75 Å². The van der Waals surface area contributed by atoms with E-state index in [0.717, 1.165) is 36.1 Å². The Balaban J connectivity index is 1.98. The number of nitrogens with one attached hydrogen (secondary N) is 1. The summed E-state index contributed by atoms with van der Waals surface area (Å²) in [6.45, 7) is 0. The highest BCUT2D eigenvalue weighted by molar-refractivity contribution is 7.93. The van der Waals surface area contributed by atoms with Crippen molar-refractivity contribution in [2.24, 2.45) is 0 Å². The van der Waals surface area contributed by atoms with E-state index in [1.807, 2.05) is 0 Å². The molecule has 8 heteroatoms. The molecule has 0 amide bonds. The second-order valence-electron chi connectivity index (χ2n) is 5.69. The minimum absolute atomic E-state index is 0.107. The molecule has 0 unspecified atom stereocenters. The van der Waals surface area contributed by atoms with E-state index in [9.17, 15) is 13.2 Å². The van der Waals surface area contributed by atoms with E-state index in [-0.39, 0.29) is 4.90 Å². The average Bonchev–Trinajstić information content (AvgIpc) is 2.98. The van der Waals surface area contributed by atoms with Gasteiger partial charge in [0.2, 0.25) is 0 Å². The molecule has 0 saturated carbocycles. The lowest BCUT2D eigenvalue weighted by atomic mass is 9.95. The highest BCUT2D eigenvalue weighted by Crippen LogP contribution is 2.39. The van der Waals surface area contributed by atoms with Gasteiger partial charge in [0.15, 0.2) is 0 Å². The first kappa shape index (κ1) is 17.8. The van der Waals surface area contributed by atoms with Crippen LogP contribution in [0.4, 0.5) is 5.00 Å². The number of rotatable bonds is 5. The van der Waals surface area contributed by atoms with Crippen molar-refractivity contribution in [2.75, 3.05) is 18.9 Å². The van der Waals surface area contributed by atoms with Gasteiger partial charge < -0.3 is 9.47 Å². The molecule has 0 aliphatic heterocycles. The number of esters is 1. The Hall–Kier alpha value is -2.06. The van der Waals surface area contributed by atoms with E-state index in [1.165, 1.54) is 37.7 Å². The molecule has 0 atom stereocenters. The molecule has 134 valence electrons. The van der Waals surface area contributed by atoms with Gasteiger partial charge in [0.1, 0.15) is 10.8 Å². The number of sulfonamides is 1. The van der Waals surface area contributed by atoms with Gasteiger partial charge in [0.05, 0.1) is 24.7 Å². The SMILES string of the molecule is COC(=O)c1c(NS(=O)(=O)c2ccc(OC)cc2)sc2c1CCCC2. The van der Waals surface area contributed by atoms with Crippen molar-refractivity contribution in [3.8, 4) is 5.75 Å². The summed E-state index contributed by atoms with van der Waals surface area (Å²) in [5, 5.41) is 0.328. The van der Waals surface area contributed by atoms with Crippen LogP contribution in [0.1, 0.15) is 33.6 Å². The number of hydrogen-bond acceptors (Lipinski definition) is 6. The quantitative estimate of drug-likeness (QED) is 0.804. The molecule has 1 aromatic heterocycles. The van der Waals surface area contributed by atoms with Gasteiger partial charge in [0.25, 0.3) is 10.0 Å². The van der Waals surface area contributed by atoms with Crippen molar-refractivity contribution < 1.29 is 22.7 Å². The third kappa shape index (κ3) is 3.50. The topological polar surface area (TPSA) is 81.7 Å². The molecule has 0 fully saturated rings. The Morgan fingerprint density at radius 1 is 1.12 bits per heavy atom. The minimum Gasteiger partial charge on any atom is -0.497 e. The predicted octanol–water partition coefficient (Wildman–Crippen LogP) is 3.22. The van der Waals surface area contributed by atoms with Gasteiger partial charge in [0, 0.05) is 4.88 Å². The number of carbonyl (C=O) groups excluding carboxylic acids is 1. The van der Waals surface area contributed by atoms with Gasteiger partial charge in [-0.1, -0.05) is 0 Å². The first-order chi connectivity index (χ1) is 12.0. The Labute approximate surface area is 150 Å². The molecular weight excluding hydrogens is 362 g/mol. The van der Waals surface area contributed by atoms with Gasteiger partial charge in [-0.3, -0.25) is 4.72 Å². The number of carbonyl (C=O) groups is 1. The number of thiophene rings is 1. The standard InChI is InChI=1S/C17H19NO5S2/c1-22-11-7-9-12(10-8-11)25(20,21)18-16-15(17(19)23-2)13-5-3-4-6-14(13)24-16/h7-10,18H,3-6H2,1-2H3. The number of anilines is 1. The normalized spacial score (nSPS) is 13.8. The second-order valence-corrected chi connectivity index (χ2v) is 8.48. The third-order valence-corrected chi connectivity index (χ3v) is 6.86. The van der Waals surface area contributed by atoms with Crippen molar-refractivity contribution in [2.45, 2.75) is 30.6 Å². The maximum Gasteiger partial charge on any atom is 0.341 e. The number of methoxy groups -OCH3 is 2. The fourth-order valence-corrected chi connectivity index (χ4v) is 5.47. The molecule has 25 heavy (non-hydrogen) atoms. The lowest BCUT2D eigenvalue weighted by molar-refractivity contribution is 0.0601. The molecule has 1 N–H and O–H groups in total. The zero-order valence-corrected chi connectivity index (χ0v) is 15.6. The molecule has 6 nitrogen and oxygen atoms in total. The maximum atomic E-state index is 12.7. The lowest BCUT2D eigenvalue weighted by Gasteiger charge is -2.12. The van der Waals surface area contributed by atoms with Crippen LogP contribution in [0.3, 0.4) is 0 Å². The fourth-order valence-electron chi connectivity index (χ4n) is 2.89. The second kappa shape index (κ2) is 7.05. The van der Waals surface area contributed by atoms with Crippen LogP contribution in [0.15, 0.2) is 29.2 Å². The molecule has 3 rings (SSSR count). The number of hydrogen-bond donors (Lipinski definition) is 1. The Bertz CT molecular complexity index is 885. The molecule has 1 aliphatic rings. The first-order valence-electron chi connectivity index (χ1n) is 7.86. The van der Waals surface area contributed by atoms with Crippen LogP contribution in [-0.2, 0) is 27.6 Å². The largest absolute Gasteiger partial charge is 0.497 e. The Morgan fingerprint density at radius 2 is 1.80 bits per heavy atom. The summed E-state index contributed by atoms with van der Waals surface area (Å²) in [7, 11) is -0.988. The van der Waals surface area contributed by atoms with Gasteiger partial charge in [-0.05, 0) is 55.5 Å². The molecular formula is C17H19NO5S2. The molecule has 0 spiro atoms. The summed E-state index contributed by atoms with van der Waals surface area (Å²) in [5.41, 5.74) is 1.26. The number of fused-ring (bicyclic) bond motifs is 1. The molecule has 1 heterocycles. The Kier molecular flexibility index (Phi) is 5.01. The van der Waals surface area contributed by atoms with Crippen LogP contribution < -0.4 is 9.46 Å². The summed E-state index contributed by atoms with van der Waals surface area (Å²) in [6.07, 6.45) is 3.64. The fraction of sp³-hybridized carbons (Fsp3) is 0.353. The molecule has 0 bridgehead atoms. The number of benzene rings is 1. The van der Waals surface area contributed by atoms with E-state index in [2.05, 4.69) is 4.72 Å². The third-order valence-electron chi connectivity index (χ3n) is 4.16. The lowest BCUT2D eigenvalue weighted by Crippen LogP contribution is -2.15. The maximum absolute atomic E-state index is 12.7. The predicted molar refractivity (Wildman–Crippen MR) is 96.1 cm³/mol.